The summed E-state index contributed by atoms with van der Waals surface area (Å²) in [5.41, 5.74) is 0.855. The van der Waals surface area contributed by atoms with Crippen LogP contribution in [0.1, 0.15) is 10.5 Å². The van der Waals surface area contributed by atoms with Gasteiger partial charge in [-0.1, -0.05) is 0 Å². The third-order valence-corrected chi connectivity index (χ3v) is 6.39. The topological polar surface area (TPSA) is 135 Å². The van der Waals surface area contributed by atoms with Crippen molar-refractivity contribution >= 4 is 49.7 Å². The Morgan fingerprint density at radius 3 is 2.22 bits per heavy atom. The number of sulfonamides is 1. The van der Waals surface area contributed by atoms with Crippen molar-refractivity contribution in [2.45, 2.75) is 11.3 Å². The Balaban J connectivity index is 1.36. The van der Waals surface area contributed by atoms with Gasteiger partial charge in [0.15, 0.2) is 5.13 Å². The Hall–Kier alpha value is -4.24. The first kappa shape index (κ1) is 24.9. The number of hydrogen-bond donors (Lipinski definition) is 3. The Kier molecular flexibility index (Phi) is 7.03. The van der Waals surface area contributed by atoms with Gasteiger partial charge in [0.25, 0.3) is 15.9 Å². The molecule has 0 atom stereocenters. The Morgan fingerprint density at radius 2 is 1.58 bits per heavy atom. The number of anilines is 4. The van der Waals surface area contributed by atoms with Crippen LogP contribution in [0.4, 0.5) is 35.6 Å². The molecule has 0 saturated heterocycles. The van der Waals surface area contributed by atoms with Crippen LogP contribution in [0.5, 0.6) is 5.75 Å². The molecule has 0 saturated carbocycles. The molecule has 0 aliphatic rings. The number of benzene rings is 2. The number of nitrogens with one attached hydrogen (secondary N) is 3. The first-order valence-corrected chi connectivity index (χ1v) is 12.2. The van der Waals surface area contributed by atoms with E-state index in [0.29, 0.717) is 16.5 Å². The highest BCUT2D eigenvalue weighted by Gasteiger charge is 2.31. The second-order valence-electron chi connectivity index (χ2n) is 6.89. The summed E-state index contributed by atoms with van der Waals surface area (Å²) in [6.07, 6.45) is -1.99. The molecule has 0 spiro atoms. The Morgan fingerprint density at radius 1 is 0.944 bits per heavy atom. The molecule has 36 heavy (non-hydrogen) atoms. The van der Waals surface area contributed by atoms with Gasteiger partial charge in [-0.05, 0) is 54.6 Å². The number of halogens is 3. The fraction of sp³-hybridized carbons (Fsp3) is 0.0476. The highest BCUT2D eigenvalue weighted by atomic mass is 32.2. The highest BCUT2D eigenvalue weighted by Crippen LogP contribution is 2.26. The van der Waals surface area contributed by atoms with E-state index in [4.69, 9.17) is 0 Å². The van der Waals surface area contributed by atoms with Gasteiger partial charge in [0.05, 0.1) is 4.90 Å². The molecule has 0 unspecified atom stereocenters. The molecule has 10 nitrogen and oxygen atoms in total. The number of aromatic nitrogens is 3. The minimum atomic E-state index is -4.78. The van der Waals surface area contributed by atoms with E-state index >= 15 is 0 Å². The maximum absolute atomic E-state index is 12.5. The number of hydrogen-bond acceptors (Lipinski definition) is 9. The second-order valence-corrected chi connectivity index (χ2v) is 9.43. The molecule has 4 rings (SSSR count). The summed E-state index contributed by atoms with van der Waals surface area (Å²) in [6.45, 7) is 0. The molecule has 2 aromatic heterocycles. The van der Waals surface area contributed by atoms with Gasteiger partial charge in [-0.25, -0.2) is 28.1 Å². The van der Waals surface area contributed by atoms with E-state index in [1.807, 2.05) is 0 Å². The summed E-state index contributed by atoms with van der Waals surface area (Å²) >= 11 is 1.11. The number of thiazole rings is 1. The molecule has 0 fully saturated rings. The number of rotatable bonds is 8. The van der Waals surface area contributed by atoms with Crippen molar-refractivity contribution in [1.82, 2.24) is 15.0 Å². The van der Waals surface area contributed by atoms with Crippen molar-refractivity contribution in [3.8, 4) is 5.75 Å². The van der Waals surface area contributed by atoms with Gasteiger partial charge in [0, 0.05) is 29.1 Å². The lowest BCUT2D eigenvalue weighted by atomic mass is 10.3. The SMILES string of the molecule is O=C(Nc1ccc(S(=O)(=O)Nc2ncccn2)cc1)c1csc(Nc2ccc(OC(F)(F)F)cc2)n1. The second kappa shape index (κ2) is 10.2. The predicted octanol–water partition coefficient (Wildman–Crippen LogP) is 4.63. The van der Waals surface area contributed by atoms with Crippen molar-refractivity contribution in [3.05, 3.63) is 78.1 Å². The van der Waals surface area contributed by atoms with Crippen molar-refractivity contribution in [2.75, 3.05) is 15.4 Å². The summed E-state index contributed by atoms with van der Waals surface area (Å²) in [5, 5.41) is 7.31. The van der Waals surface area contributed by atoms with Crippen molar-refractivity contribution in [1.29, 1.82) is 0 Å². The van der Waals surface area contributed by atoms with E-state index in [1.54, 1.807) is 6.07 Å². The highest BCUT2D eigenvalue weighted by molar-refractivity contribution is 7.92. The minimum absolute atomic E-state index is 0.0558. The van der Waals surface area contributed by atoms with E-state index in [9.17, 15) is 26.4 Å². The van der Waals surface area contributed by atoms with Gasteiger partial charge < -0.3 is 15.4 Å². The molecule has 0 aliphatic heterocycles. The number of nitrogens with zero attached hydrogens (tertiary/aromatic N) is 3. The summed E-state index contributed by atoms with van der Waals surface area (Å²) in [4.78, 5) is 24.2. The van der Waals surface area contributed by atoms with Crippen LogP contribution in [0.15, 0.2) is 77.3 Å². The van der Waals surface area contributed by atoms with Gasteiger partial charge in [-0.2, -0.15) is 0 Å². The molecule has 15 heteroatoms. The fourth-order valence-electron chi connectivity index (χ4n) is 2.74. The van der Waals surface area contributed by atoms with Crippen LogP contribution < -0.4 is 20.1 Å². The number of amides is 1. The van der Waals surface area contributed by atoms with Gasteiger partial charge in [0.2, 0.25) is 5.95 Å². The van der Waals surface area contributed by atoms with Crippen LogP contribution in [0, 0.1) is 0 Å². The standard InChI is InChI=1S/C21H15F3N6O4S2/c22-21(23,24)34-15-6-2-14(3-7-15)28-20-29-17(12-35-20)18(31)27-13-4-8-16(9-5-13)36(32,33)30-19-25-10-1-11-26-19/h1-12H,(H,27,31)(H,28,29)(H,25,26,30). The molecule has 186 valence electrons. The lowest BCUT2D eigenvalue weighted by molar-refractivity contribution is -0.274. The predicted molar refractivity (Wildman–Crippen MR) is 126 cm³/mol. The van der Waals surface area contributed by atoms with Gasteiger partial charge in [-0.15, -0.1) is 24.5 Å². The molecule has 0 bridgehead atoms. The summed E-state index contributed by atoms with van der Waals surface area (Å²) in [6, 6.07) is 12.0. The largest absolute Gasteiger partial charge is 0.573 e. The fourth-order valence-corrected chi connectivity index (χ4v) is 4.41. The zero-order valence-electron chi connectivity index (χ0n) is 17.9. The molecule has 0 aliphatic carbocycles. The van der Waals surface area contributed by atoms with Crippen LogP contribution in [0.25, 0.3) is 0 Å². The lowest BCUT2D eigenvalue weighted by Crippen LogP contribution is -2.16. The van der Waals surface area contributed by atoms with E-state index in [2.05, 4.69) is 35.0 Å². The summed E-state index contributed by atoms with van der Waals surface area (Å²) in [5.74, 6) is -0.983. The number of ether oxygens (including phenoxy) is 1. The van der Waals surface area contributed by atoms with E-state index in [-0.39, 0.29) is 22.3 Å². The molecule has 2 aromatic carbocycles. The average Bonchev–Trinajstić information content (AvgIpc) is 3.29. The molecular formula is C21H15F3N6O4S2. The molecule has 0 radical (unpaired) electrons. The number of carbonyl (C=O) groups excluding carboxylic acids is 1. The number of carbonyl (C=O) groups is 1. The van der Waals surface area contributed by atoms with Crippen LogP contribution in [-0.4, -0.2) is 35.6 Å². The monoisotopic (exact) mass is 536 g/mol. The summed E-state index contributed by atoms with van der Waals surface area (Å²) < 4.78 is 67.7. The Bertz CT molecular complexity index is 1450. The Labute approximate surface area is 206 Å². The third-order valence-electron chi connectivity index (χ3n) is 4.29. The molecule has 4 aromatic rings. The first-order valence-electron chi connectivity index (χ1n) is 9.87. The maximum atomic E-state index is 12.5. The first-order chi connectivity index (χ1) is 17.1. The minimum Gasteiger partial charge on any atom is -0.406 e. The average molecular weight is 537 g/mol. The number of alkyl halides is 3. The van der Waals surface area contributed by atoms with Gasteiger partial charge in [-0.3, -0.25) is 4.79 Å². The van der Waals surface area contributed by atoms with Gasteiger partial charge in [0.1, 0.15) is 11.4 Å². The van der Waals surface area contributed by atoms with Crippen LogP contribution in [-0.2, 0) is 10.0 Å². The molecule has 3 N–H and O–H groups in total. The van der Waals surface area contributed by atoms with Crippen LogP contribution in [0.3, 0.4) is 0 Å². The zero-order valence-corrected chi connectivity index (χ0v) is 19.5. The van der Waals surface area contributed by atoms with Gasteiger partial charge >= 0.3 is 6.36 Å². The molecule has 1 amide bonds. The van der Waals surface area contributed by atoms with Crippen molar-refractivity contribution in [3.63, 3.8) is 0 Å². The quantitative estimate of drug-likeness (QED) is 0.297. The zero-order chi connectivity index (χ0) is 25.8. The summed E-state index contributed by atoms with van der Waals surface area (Å²) in [7, 11) is -3.92. The van der Waals surface area contributed by atoms with E-state index < -0.39 is 22.3 Å². The maximum Gasteiger partial charge on any atom is 0.573 e. The van der Waals surface area contributed by atoms with Crippen molar-refractivity contribution < 1.29 is 31.1 Å². The van der Waals surface area contributed by atoms with E-state index in [1.165, 1.54) is 54.2 Å². The van der Waals surface area contributed by atoms with Crippen molar-refractivity contribution in [2.24, 2.45) is 0 Å². The van der Waals surface area contributed by atoms with Crippen LogP contribution in [0.2, 0.25) is 0 Å². The molecule has 2 heterocycles. The van der Waals surface area contributed by atoms with E-state index in [0.717, 1.165) is 23.5 Å². The normalized spacial score (nSPS) is 11.5. The smallest absolute Gasteiger partial charge is 0.406 e. The third kappa shape index (κ3) is 6.67. The lowest BCUT2D eigenvalue weighted by Gasteiger charge is -2.09. The molecular weight excluding hydrogens is 521 g/mol. The van der Waals surface area contributed by atoms with Crippen LogP contribution >= 0.6 is 11.3 Å².